The molecule has 0 saturated heterocycles. The first-order valence-corrected chi connectivity index (χ1v) is 3.02. The lowest BCUT2D eigenvalue weighted by Gasteiger charge is -1.92. The van der Waals surface area contributed by atoms with Crippen LogP contribution in [0.1, 0.15) is 11.1 Å². The quantitative estimate of drug-likeness (QED) is 0.519. The van der Waals surface area contributed by atoms with Gasteiger partial charge in [-0.2, -0.15) is 5.26 Å². The highest BCUT2D eigenvalue weighted by Crippen LogP contribution is 2.12. The van der Waals surface area contributed by atoms with Gasteiger partial charge >= 0.3 is 0 Å². The number of hydrogen-bond donors (Lipinski definition) is 0. The van der Waals surface area contributed by atoms with E-state index in [1.165, 1.54) is 12.3 Å². The Balaban J connectivity index is 3.29. The van der Waals surface area contributed by atoms with Crippen molar-refractivity contribution < 1.29 is 0 Å². The lowest BCUT2D eigenvalue weighted by atomic mass is 10.2. The van der Waals surface area contributed by atoms with Gasteiger partial charge in [-0.25, -0.2) is 0 Å². The zero-order valence-corrected chi connectivity index (χ0v) is 6.00. The van der Waals surface area contributed by atoms with Crippen LogP contribution in [0.2, 0.25) is 0 Å². The molecular formula is C8H5N3. The summed E-state index contributed by atoms with van der Waals surface area (Å²) in [6.07, 6.45) is 1.53. The van der Waals surface area contributed by atoms with Crippen molar-refractivity contribution in [3.63, 3.8) is 0 Å². The first-order chi connectivity index (χ1) is 5.27. The van der Waals surface area contributed by atoms with Gasteiger partial charge in [0.25, 0.3) is 5.82 Å². The normalized spacial score (nSPS) is 8.27. The molecular weight excluding hydrogens is 138 g/mol. The maximum atomic E-state index is 8.56. The van der Waals surface area contributed by atoms with Crippen molar-refractivity contribution in [3.8, 4) is 6.07 Å². The minimum atomic E-state index is 0.271. The largest absolute Gasteiger partial charge is 0.361 e. The van der Waals surface area contributed by atoms with Crippen LogP contribution in [-0.4, -0.2) is 4.98 Å². The SMILES string of the molecule is [C-]#[N+]c1cc(C#N)c(C)cn1. The molecule has 0 saturated carbocycles. The average molecular weight is 143 g/mol. The Labute approximate surface area is 64.7 Å². The third kappa shape index (κ3) is 1.33. The zero-order valence-electron chi connectivity index (χ0n) is 6.00. The van der Waals surface area contributed by atoms with Gasteiger partial charge < -0.3 is 4.85 Å². The van der Waals surface area contributed by atoms with E-state index in [4.69, 9.17) is 11.8 Å². The van der Waals surface area contributed by atoms with Crippen LogP contribution < -0.4 is 0 Å². The summed E-state index contributed by atoms with van der Waals surface area (Å²) in [5.41, 5.74) is 1.32. The van der Waals surface area contributed by atoms with Crippen LogP contribution in [0, 0.1) is 24.8 Å². The summed E-state index contributed by atoms with van der Waals surface area (Å²) in [5, 5.41) is 8.56. The minimum absolute atomic E-state index is 0.271. The van der Waals surface area contributed by atoms with Crippen molar-refractivity contribution in [2.45, 2.75) is 6.92 Å². The highest BCUT2D eigenvalue weighted by atomic mass is 14.8. The van der Waals surface area contributed by atoms with E-state index >= 15 is 0 Å². The Kier molecular flexibility index (Phi) is 1.85. The maximum Gasteiger partial charge on any atom is 0.270 e. The summed E-state index contributed by atoms with van der Waals surface area (Å²) < 4.78 is 0. The summed E-state index contributed by atoms with van der Waals surface area (Å²) in [7, 11) is 0. The molecule has 11 heavy (non-hydrogen) atoms. The van der Waals surface area contributed by atoms with E-state index in [9.17, 15) is 0 Å². The van der Waals surface area contributed by atoms with Crippen LogP contribution >= 0.6 is 0 Å². The van der Waals surface area contributed by atoms with Crippen molar-refractivity contribution in [2.75, 3.05) is 0 Å². The van der Waals surface area contributed by atoms with Crippen molar-refractivity contribution in [3.05, 3.63) is 34.8 Å². The molecule has 0 N–H and O–H groups in total. The predicted molar refractivity (Wildman–Crippen MR) is 40.0 cm³/mol. The van der Waals surface area contributed by atoms with E-state index < -0.39 is 0 Å². The second-order valence-corrected chi connectivity index (χ2v) is 2.08. The minimum Gasteiger partial charge on any atom is -0.361 e. The second kappa shape index (κ2) is 2.81. The fourth-order valence-electron chi connectivity index (χ4n) is 0.694. The van der Waals surface area contributed by atoms with E-state index in [1.54, 1.807) is 6.92 Å². The molecule has 1 aromatic rings. The summed E-state index contributed by atoms with van der Waals surface area (Å²) in [5.74, 6) is 0.271. The molecule has 0 unspecified atom stereocenters. The molecule has 1 heterocycles. The molecule has 0 aromatic carbocycles. The molecule has 0 spiro atoms. The van der Waals surface area contributed by atoms with Crippen LogP contribution in [0.25, 0.3) is 4.85 Å². The van der Waals surface area contributed by atoms with Gasteiger partial charge in [0.15, 0.2) is 0 Å². The Morgan fingerprint density at radius 1 is 1.73 bits per heavy atom. The van der Waals surface area contributed by atoms with Gasteiger partial charge in [-0.1, -0.05) is 6.57 Å². The van der Waals surface area contributed by atoms with E-state index in [1.807, 2.05) is 6.07 Å². The number of rotatable bonds is 0. The average Bonchev–Trinajstić information content (AvgIpc) is 2.05. The highest BCUT2D eigenvalue weighted by molar-refractivity contribution is 5.46. The van der Waals surface area contributed by atoms with Crippen LogP contribution in [0.5, 0.6) is 0 Å². The molecule has 0 radical (unpaired) electrons. The number of nitriles is 1. The summed E-state index contributed by atoms with van der Waals surface area (Å²) in [6.45, 7) is 8.43. The first-order valence-electron chi connectivity index (χ1n) is 3.02. The highest BCUT2D eigenvalue weighted by Gasteiger charge is 2.00. The smallest absolute Gasteiger partial charge is 0.270 e. The van der Waals surface area contributed by atoms with E-state index in [-0.39, 0.29) is 5.82 Å². The Hall–Kier alpha value is -1.87. The van der Waals surface area contributed by atoms with Crippen LogP contribution in [0.4, 0.5) is 5.82 Å². The van der Waals surface area contributed by atoms with Gasteiger partial charge in [0.05, 0.1) is 6.07 Å². The summed E-state index contributed by atoms with van der Waals surface area (Å²) in [4.78, 5) is 6.91. The van der Waals surface area contributed by atoms with Gasteiger partial charge in [-0.15, -0.1) is 4.98 Å². The Bertz CT molecular complexity index is 355. The van der Waals surface area contributed by atoms with Crippen molar-refractivity contribution >= 4 is 5.82 Å². The van der Waals surface area contributed by atoms with Crippen LogP contribution in [-0.2, 0) is 0 Å². The fourth-order valence-corrected chi connectivity index (χ4v) is 0.694. The van der Waals surface area contributed by atoms with Gasteiger partial charge in [0, 0.05) is 11.1 Å². The fraction of sp³-hybridized carbons (Fsp3) is 0.125. The number of hydrogen-bond acceptors (Lipinski definition) is 2. The van der Waals surface area contributed by atoms with Gasteiger partial charge in [-0.05, 0) is 13.0 Å². The molecule has 3 nitrogen and oxygen atoms in total. The molecule has 0 fully saturated rings. The summed E-state index contributed by atoms with van der Waals surface area (Å²) >= 11 is 0. The monoisotopic (exact) mass is 143 g/mol. The van der Waals surface area contributed by atoms with Gasteiger partial charge in [-0.3, -0.25) is 0 Å². The lowest BCUT2D eigenvalue weighted by molar-refractivity contribution is 1.26. The molecule has 0 aliphatic carbocycles. The third-order valence-corrected chi connectivity index (χ3v) is 1.32. The number of nitrogens with zero attached hydrogens (tertiary/aromatic N) is 3. The van der Waals surface area contributed by atoms with E-state index in [2.05, 4.69) is 9.83 Å². The number of aryl methyl sites for hydroxylation is 1. The van der Waals surface area contributed by atoms with Crippen LogP contribution in [0.15, 0.2) is 12.3 Å². The molecule has 1 rings (SSSR count). The van der Waals surface area contributed by atoms with Gasteiger partial charge in [0.2, 0.25) is 0 Å². The molecule has 1 aromatic heterocycles. The molecule has 0 aliphatic heterocycles. The second-order valence-electron chi connectivity index (χ2n) is 2.08. The Morgan fingerprint density at radius 2 is 2.45 bits per heavy atom. The van der Waals surface area contributed by atoms with Crippen LogP contribution in [0.3, 0.4) is 0 Å². The first kappa shape index (κ1) is 7.24. The van der Waals surface area contributed by atoms with E-state index in [0.29, 0.717) is 5.56 Å². The standard InChI is InChI=1S/C8H5N3/c1-6-5-11-8(10-2)3-7(6)4-9/h3,5H,1H3. The molecule has 0 atom stereocenters. The van der Waals surface area contributed by atoms with Gasteiger partial charge in [0.1, 0.15) is 6.20 Å². The number of pyridine rings is 1. The maximum absolute atomic E-state index is 8.56. The van der Waals surface area contributed by atoms with Crippen molar-refractivity contribution in [1.29, 1.82) is 5.26 Å². The summed E-state index contributed by atoms with van der Waals surface area (Å²) in [6, 6.07) is 3.48. The molecule has 3 heteroatoms. The molecule has 0 aliphatic rings. The Morgan fingerprint density at radius 3 is 3.00 bits per heavy atom. The molecule has 52 valence electrons. The lowest BCUT2D eigenvalue weighted by Crippen LogP contribution is -1.82. The number of aromatic nitrogens is 1. The topological polar surface area (TPSA) is 41.0 Å². The van der Waals surface area contributed by atoms with Crippen molar-refractivity contribution in [2.24, 2.45) is 0 Å². The molecule has 0 bridgehead atoms. The zero-order chi connectivity index (χ0) is 8.27. The van der Waals surface area contributed by atoms with Crippen molar-refractivity contribution in [1.82, 2.24) is 4.98 Å². The predicted octanol–water partition coefficient (Wildman–Crippen LogP) is 1.81. The molecule has 0 amide bonds. The third-order valence-electron chi connectivity index (χ3n) is 1.32. The van der Waals surface area contributed by atoms with E-state index in [0.717, 1.165) is 5.56 Å².